The topological polar surface area (TPSA) is 91.5 Å². The number of hydrogen-bond donors (Lipinski definition) is 3. The van der Waals surface area contributed by atoms with E-state index in [0.29, 0.717) is 5.69 Å². The first kappa shape index (κ1) is 16.5. The quantitative estimate of drug-likeness (QED) is 0.451. The van der Waals surface area contributed by atoms with Crippen molar-refractivity contribution in [3.8, 4) is 0 Å². The Morgan fingerprint density at radius 1 is 1.36 bits per heavy atom. The summed E-state index contributed by atoms with van der Waals surface area (Å²) in [7, 11) is 0. The van der Waals surface area contributed by atoms with Gasteiger partial charge in [0.15, 0.2) is 5.96 Å². The number of nitrogens with zero attached hydrogens (tertiary/aromatic N) is 2. The lowest BCUT2D eigenvalue weighted by molar-refractivity contribution is -0.0526. The van der Waals surface area contributed by atoms with E-state index in [9.17, 15) is 8.78 Å². The van der Waals surface area contributed by atoms with Gasteiger partial charge >= 0.3 is 0 Å². The fourth-order valence-electron chi connectivity index (χ4n) is 2.37. The predicted octanol–water partition coefficient (Wildman–Crippen LogP) is 2.39. The first-order chi connectivity index (χ1) is 10.3. The van der Waals surface area contributed by atoms with E-state index in [4.69, 9.17) is 16.9 Å². The highest BCUT2D eigenvalue weighted by Gasteiger charge is 2.42. The second-order valence-electron chi connectivity index (χ2n) is 5.14. The van der Waals surface area contributed by atoms with Gasteiger partial charge in [-0.15, -0.1) is 11.8 Å². The highest BCUT2D eigenvalue weighted by Crippen LogP contribution is 2.32. The Hall–Kier alpha value is -1.83. The molecule has 120 valence electrons. The summed E-state index contributed by atoms with van der Waals surface area (Å²) in [6, 6.07) is 6.46. The van der Waals surface area contributed by atoms with E-state index in [1.54, 1.807) is 23.9 Å². The van der Waals surface area contributed by atoms with Crippen LogP contribution in [0, 0.1) is 5.41 Å². The Kier molecular flexibility index (Phi) is 4.90. The van der Waals surface area contributed by atoms with Gasteiger partial charge in [-0.25, -0.2) is 13.8 Å². The normalized spacial score (nSPS) is 21.7. The molecule has 0 saturated carbocycles. The van der Waals surface area contributed by atoms with Crippen LogP contribution in [0.3, 0.4) is 0 Å². The number of hydrogen-bond acceptors (Lipinski definition) is 3. The van der Waals surface area contributed by atoms with Crippen LogP contribution in [0.15, 0.2) is 34.2 Å². The smallest absolute Gasteiger partial charge is 0.252 e. The number of halogens is 2. The van der Waals surface area contributed by atoms with E-state index < -0.39 is 18.4 Å². The van der Waals surface area contributed by atoms with Crippen molar-refractivity contribution in [2.45, 2.75) is 29.7 Å². The van der Waals surface area contributed by atoms with Crippen LogP contribution < -0.4 is 11.5 Å². The highest BCUT2D eigenvalue weighted by molar-refractivity contribution is 7.98. The van der Waals surface area contributed by atoms with Gasteiger partial charge in [-0.05, 0) is 30.5 Å². The molecule has 0 bridgehead atoms. The molecule has 8 heteroatoms. The molecule has 0 aromatic heterocycles. The first-order valence-electron chi connectivity index (χ1n) is 6.79. The maximum atomic E-state index is 13.6. The maximum Gasteiger partial charge on any atom is 0.252 e. The summed E-state index contributed by atoms with van der Waals surface area (Å²) in [5, 5.41) is 7.52. The van der Waals surface area contributed by atoms with E-state index in [-0.39, 0.29) is 24.8 Å². The van der Waals surface area contributed by atoms with Gasteiger partial charge in [0.1, 0.15) is 5.84 Å². The molecule has 2 rings (SSSR count). The zero-order valence-corrected chi connectivity index (χ0v) is 13.0. The lowest BCUT2D eigenvalue weighted by Gasteiger charge is -2.39. The molecule has 0 aliphatic carbocycles. The average Bonchev–Trinajstić information content (AvgIpc) is 2.46. The van der Waals surface area contributed by atoms with Gasteiger partial charge in [-0.1, -0.05) is 0 Å². The van der Waals surface area contributed by atoms with Gasteiger partial charge in [-0.2, -0.15) is 0 Å². The van der Waals surface area contributed by atoms with Crippen LogP contribution in [-0.4, -0.2) is 41.5 Å². The molecular weight excluding hydrogens is 308 g/mol. The first-order valence-corrected chi connectivity index (χ1v) is 8.01. The Balaban J connectivity index is 2.24. The van der Waals surface area contributed by atoms with Crippen LogP contribution in [0.1, 0.15) is 12.8 Å². The Morgan fingerprint density at radius 3 is 2.55 bits per heavy atom. The molecule has 22 heavy (non-hydrogen) atoms. The third-order valence-electron chi connectivity index (χ3n) is 3.57. The minimum atomic E-state index is -2.82. The number of likely N-dealkylation sites (tertiary alicyclic amines) is 1. The number of thioether (sulfide) groups is 1. The lowest BCUT2D eigenvalue weighted by Crippen LogP contribution is -2.56. The molecule has 1 aromatic carbocycles. The van der Waals surface area contributed by atoms with Crippen LogP contribution >= 0.6 is 11.8 Å². The van der Waals surface area contributed by atoms with Gasteiger partial charge in [0, 0.05) is 24.3 Å². The number of piperidine rings is 1. The van der Waals surface area contributed by atoms with Crippen molar-refractivity contribution in [2.24, 2.45) is 16.5 Å². The van der Waals surface area contributed by atoms with Gasteiger partial charge in [0.05, 0.1) is 11.7 Å². The summed E-state index contributed by atoms with van der Waals surface area (Å²) in [5.41, 5.74) is 12.0. The SMILES string of the molecule is CSc1ccc(N=C(N)C2CC(F)(F)CCN2C(=N)N)cc1. The van der Waals surface area contributed by atoms with Crippen LogP contribution in [0.2, 0.25) is 0 Å². The number of nitrogens with one attached hydrogen (secondary N) is 1. The fourth-order valence-corrected chi connectivity index (χ4v) is 2.78. The average molecular weight is 327 g/mol. The Labute approximate surface area is 132 Å². The van der Waals surface area contributed by atoms with Gasteiger partial charge < -0.3 is 16.4 Å². The molecule has 1 heterocycles. The van der Waals surface area contributed by atoms with E-state index >= 15 is 0 Å². The Morgan fingerprint density at radius 2 is 2.00 bits per heavy atom. The van der Waals surface area contributed by atoms with E-state index in [0.717, 1.165) is 4.90 Å². The van der Waals surface area contributed by atoms with Gasteiger partial charge in [0.25, 0.3) is 5.92 Å². The minimum Gasteiger partial charge on any atom is -0.385 e. The van der Waals surface area contributed by atoms with Crippen molar-refractivity contribution < 1.29 is 8.78 Å². The molecule has 5 N–H and O–H groups in total. The van der Waals surface area contributed by atoms with Crippen molar-refractivity contribution in [3.63, 3.8) is 0 Å². The monoisotopic (exact) mass is 327 g/mol. The number of aliphatic imine (C=N–C) groups is 1. The molecule has 1 aliphatic rings. The molecule has 1 fully saturated rings. The van der Waals surface area contributed by atoms with Crippen LogP contribution in [0.5, 0.6) is 0 Å². The van der Waals surface area contributed by atoms with E-state index in [2.05, 4.69) is 4.99 Å². The van der Waals surface area contributed by atoms with Crippen molar-refractivity contribution in [1.29, 1.82) is 5.41 Å². The highest BCUT2D eigenvalue weighted by atomic mass is 32.2. The lowest BCUT2D eigenvalue weighted by atomic mass is 9.98. The van der Waals surface area contributed by atoms with Crippen molar-refractivity contribution in [2.75, 3.05) is 12.8 Å². The molecular formula is C14H19F2N5S. The molecule has 1 saturated heterocycles. The fraction of sp³-hybridized carbons (Fsp3) is 0.429. The summed E-state index contributed by atoms with van der Waals surface area (Å²) < 4.78 is 27.3. The summed E-state index contributed by atoms with van der Waals surface area (Å²) in [5.74, 6) is -3.04. The van der Waals surface area contributed by atoms with Crippen LogP contribution in [0.4, 0.5) is 14.5 Å². The summed E-state index contributed by atoms with van der Waals surface area (Å²) >= 11 is 1.60. The van der Waals surface area contributed by atoms with E-state index in [1.165, 1.54) is 4.90 Å². The van der Waals surface area contributed by atoms with Crippen LogP contribution in [0.25, 0.3) is 0 Å². The number of nitrogens with two attached hydrogens (primary N) is 2. The van der Waals surface area contributed by atoms with Crippen LogP contribution in [-0.2, 0) is 0 Å². The third kappa shape index (κ3) is 3.88. The maximum absolute atomic E-state index is 13.6. The number of rotatable bonds is 3. The minimum absolute atomic E-state index is 0.00532. The summed E-state index contributed by atoms with van der Waals surface area (Å²) in [6.07, 6.45) is 1.14. The third-order valence-corrected chi connectivity index (χ3v) is 4.31. The standard InChI is InChI=1S/C14H19F2N5S/c1-22-10-4-2-9(3-5-10)20-12(17)11-8-14(15,16)6-7-21(11)13(18)19/h2-5,11H,6-8H2,1H3,(H2,17,20)(H3,18,19). The Bertz CT molecular complexity index is 573. The van der Waals surface area contributed by atoms with Gasteiger partial charge in [0.2, 0.25) is 0 Å². The number of amidine groups is 1. The number of guanidine groups is 1. The molecule has 1 unspecified atom stereocenters. The van der Waals surface area contributed by atoms with E-state index in [1.807, 2.05) is 18.4 Å². The van der Waals surface area contributed by atoms with Gasteiger partial charge in [-0.3, -0.25) is 5.41 Å². The number of benzene rings is 1. The van der Waals surface area contributed by atoms with Crippen molar-refractivity contribution in [1.82, 2.24) is 4.90 Å². The van der Waals surface area contributed by atoms with Crippen molar-refractivity contribution in [3.05, 3.63) is 24.3 Å². The number of alkyl halides is 2. The molecule has 0 radical (unpaired) electrons. The zero-order valence-electron chi connectivity index (χ0n) is 12.2. The second-order valence-corrected chi connectivity index (χ2v) is 6.02. The molecule has 5 nitrogen and oxygen atoms in total. The van der Waals surface area contributed by atoms with Crippen molar-refractivity contribution >= 4 is 29.2 Å². The molecule has 1 atom stereocenters. The molecule has 0 amide bonds. The summed E-state index contributed by atoms with van der Waals surface area (Å²) in [6.45, 7) is -0.00532. The second kappa shape index (κ2) is 6.51. The molecule has 1 aromatic rings. The summed E-state index contributed by atoms with van der Waals surface area (Å²) in [4.78, 5) is 6.66. The molecule has 0 spiro atoms. The largest absolute Gasteiger partial charge is 0.385 e. The molecule has 1 aliphatic heterocycles. The predicted molar refractivity (Wildman–Crippen MR) is 86.1 cm³/mol. The zero-order chi connectivity index (χ0) is 16.3.